The lowest BCUT2D eigenvalue weighted by molar-refractivity contribution is -0.122. The van der Waals surface area contributed by atoms with E-state index in [4.69, 9.17) is 10.5 Å². The number of amides is 2. The van der Waals surface area contributed by atoms with Crippen LogP contribution < -0.4 is 10.6 Å². The molecule has 1 aliphatic heterocycles. The first-order valence-corrected chi connectivity index (χ1v) is 8.51. The van der Waals surface area contributed by atoms with Gasteiger partial charge >= 0.3 is 0 Å². The molecule has 0 radical (unpaired) electrons. The quantitative estimate of drug-likeness (QED) is 0.850. The van der Waals surface area contributed by atoms with Crippen LogP contribution in [0, 0.1) is 0 Å². The van der Waals surface area contributed by atoms with Gasteiger partial charge in [-0.25, -0.2) is 0 Å². The zero-order valence-corrected chi connectivity index (χ0v) is 16.2. The topological polar surface area (TPSA) is 75.9 Å². The molecule has 2 amide bonds. The van der Waals surface area contributed by atoms with Crippen LogP contribution in [0.4, 0.5) is 5.69 Å². The monoisotopic (exact) mass is 349 g/mol. The summed E-state index contributed by atoms with van der Waals surface area (Å²) in [6, 6.07) is 7.62. The Morgan fingerprint density at radius 2 is 1.60 bits per heavy atom. The summed E-state index contributed by atoms with van der Waals surface area (Å²) in [6.45, 7) is 11.7. The van der Waals surface area contributed by atoms with Crippen LogP contribution in [0.15, 0.2) is 24.3 Å². The number of primary amides is 1. The number of carbonyl (C=O) groups excluding carboxylic acids is 2. The van der Waals surface area contributed by atoms with Crippen molar-refractivity contribution in [3.63, 3.8) is 0 Å². The third kappa shape index (κ3) is 6.38. The summed E-state index contributed by atoms with van der Waals surface area (Å²) in [5.74, 6) is -0.418. The SMILES string of the molecule is CC1CN(c2ccc(C(N)=O)cc2)CC(C)N1C=O.COC(C)(C)C. The molecule has 0 saturated carbocycles. The summed E-state index contributed by atoms with van der Waals surface area (Å²) in [5.41, 5.74) is 6.83. The highest BCUT2D eigenvalue weighted by Gasteiger charge is 2.28. The van der Waals surface area contributed by atoms with Crippen molar-refractivity contribution in [2.24, 2.45) is 5.73 Å². The molecule has 0 aliphatic carbocycles. The average molecular weight is 349 g/mol. The van der Waals surface area contributed by atoms with Gasteiger partial charge in [0.15, 0.2) is 0 Å². The van der Waals surface area contributed by atoms with Crippen LogP contribution in [0.1, 0.15) is 45.0 Å². The van der Waals surface area contributed by atoms with Gasteiger partial charge in [0.2, 0.25) is 12.3 Å². The van der Waals surface area contributed by atoms with Crippen molar-refractivity contribution >= 4 is 18.0 Å². The fourth-order valence-corrected chi connectivity index (χ4v) is 2.59. The third-order valence-corrected chi connectivity index (χ3v) is 4.24. The van der Waals surface area contributed by atoms with Crippen LogP contribution in [0.3, 0.4) is 0 Å². The van der Waals surface area contributed by atoms with E-state index in [0.717, 1.165) is 25.2 Å². The maximum atomic E-state index is 11.0. The minimum atomic E-state index is -0.418. The lowest BCUT2D eigenvalue weighted by Crippen LogP contribution is -2.56. The highest BCUT2D eigenvalue weighted by Crippen LogP contribution is 2.22. The molecule has 25 heavy (non-hydrogen) atoms. The molecule has 1 aromatic rings. The second-order valence-electron chi connectivity index (χ2n) is 7.38. The maximum absolute atomic E-state index is 11.0. The van der Waals surface area contributed by atoms with Crippen molar-refractivity contribution in [1.29, 1.82) is 0 Å². The molecule has 2 unspecified atom stereocenters. The zero-order chi connectivity index (χ0) is 19.2. The van der Waals surface area contributed by atoms with E-state index in [2.05, 4.69) is 4.90 Å². The van der Waals surface area contributed by atoms with Crippen LogP contribution in [-0.2, 0) is 9.53 Å². The first-order valence-electron chi connectivity index (χ1n) is 8.51. The summed E-state index contributed by atoms with van der Waals surface area (Å²) in [5, 5.41) is 0. The predicted octanol–water partition coefficient (Wildman–Crippen LogP) is 2.27. The van der Waals surface area contributed by atoms with E-state index < -0.39 is 5.91 Å². The number of rotatable bonds is 3. The van der Waals surface area contributed by atoms with E-state index in [9.17, 15) is 9.59 Å². The highest BCUT2D eigenvalue weighted by molar-refractivity contribution is 5.93. The number of ether oxygens (including phenoxy) is 1. The fraction of sp³-hybridized carbons (Fsp3) is 0.579. The van der Waals surface area contributed by atoms with Gasteiger partial charge in [0.25, 0.3) is 0 Å². The van der Waals surface area contributed by atoms with Gasteiger partial charge < -0.3 is 20.3 Å². The Balaban J connectivity index is 0.000000450. The number of hydrogen-bond donors (Lipinski definition) is 1. The minimum Gasteiger partial charge on any atom is -0.379 e. The molecule has 2 N–H and O–H groups in total. The number of nitrogens with zero attached hydrogens (tertiary/aromatic N) is 2. The summed E-state index contributed by atoms with van der Waals surface area (Å²) in [6.07, 6.45) is 0.920. The number of nitrogens with two attached hydrogens (primary N) is 1. The van der Waals surface area contributed by atoms with Crippen molar-refractivity contribution in [3.05, 3.63) is 29.8 Å². The number of piperazine rings is 1. The lowest BCUT2D eigenvalue weighted by Gasteiger charge is -2.43. The first-order chi connectivity index (χ1) is 11.6. The van der Waals surface area contributed by atoms with E-state index in [0.29, 0.717) is 5.56 Å². The third-order valence-electron chi connectivity index (χ3n) is 4.24. The Bertz CT molecular complexity index is 554. The summed E-state index contributed by atoms with van der Waals surface area (Å²) in [7, 11) is 1.71. The summed E-state index contributed by atoms with van der Waals surface area (Å²) < 4.78 is 4.94. The molecule has 0 bridgehead atoms. The number of anilines is 1. The Hall–Kier alpha value is -2.08. The summed E-state index contributed by atoms with van der Waals surface area (Å²) in [4.78, 5) is 26.1. The standard InChI is InChI=1S/C14H19N3O2.C5H12O/c1-10-7-16(8-11(2)17(10)9-18)13-5-3-12(4-6-13)14(15)19;1-5(2,3)6-4/h3-6,9-11H,7-8H2,1-2H3,(H2,15,19);1-4H3. The van der Waals surface area contributed by atoms with Crippen molar-refractivity contribution in [3.8, 4) is 0 Å². The van der Waals surface area contributed by atoms with Crippen LogP contribution >= 0.6 is 0 Å². The molecule has 0 spiro atoms. The van der Waals surface area contributed by atoms with Gasteiger partial charge in [-0.1, -0.05) is 0 Å². The fourth-order valence-electron chi connectivity index (χ4n) is 2.59. The van der Waals surface area contributed by atoms with E-state index >= 15 is 0 Å². The molecule has 1 heterocycles. The molecule has 6 heteroatoms. The van der Waals surface area contributed by atoms with Gasteiger partial charge in [0, 0.05) is 43.5 Å². The Morgan fingerprint density at radius 3 is 1.92 bits per heavy atom. The van der Waals surface area contributed by atoms with Gasteiger partial charge in [-0.2, -0.15) is 0 Å². The van der Waals surface area contributed by atoms with E-state index in [1.807, 2.05) is 51.7 Å². The largest absolute Gasteiger partial charge is 0.379 e. The molecule has 140 valence electrons. The minimum absolute atomic E-state index is 0.0417. The molecule has 0 aromatic heterocycles. The van der Waals surface area contributed by atoms with Gasteiger partial charge in [-0.15, -0.1) is 0 Å². The molecule has 2 rings (SSSR count). The highest BCUT2D eigenvalue weighted by atomic mass is 16.5. The second kappa shape index (κ2) is 8.85. The van der Waals surface area contributed by atoms with Gasteiger partial charge in [0.05, 0.1) is 5.60 Å². The smallest absolute Gasteiger partial charge is 0.248 e. The summed E-state index contributed by atoms with van der Waals surface area (Å²) >= 11 is 0. The first kappa shape index (κ1) is 21.0. The maximum Gasteiger partial charge on any atom is 0.248 e. The van der Waals surface area contributed by atoms with Crippen LogP contribution in [0.5, 0.6) is 0 Å². The van der Waals surface area contributed by atoms with Crippen LogP contribution in [0.2, 0.25) is 0 Å². The average Bonchev–Trinajstić information content (AvgIpc) is 2.54. The number of benzene rings is 1. The molecular formula is C19H31N3O3. The normalized spacial score (nSPS) is 20.6. The van der Waals surface area contributed by atoms with Gasteiger partial charge in [0.1, 0.15) is 0 Å². The molecule has 1 saturated heterocycles. The second-order valence-corrected chi connectivity index (χ2v) is 7.38. The number of methoxy groups -OCH3 is 1. The Labute approximate surface area is 150 Å². The van der Waals surface area contributed by atoms with E-state index in [-0.39, 0.29) is 17.7 Å². The Morgan fingerprint density at radius 1 is 1.16 bits per heavy atom. The van der Waals surface area contributed by atoms with Crippen LogP contribution in [-0.4, -0.2) is 55.1 Å². The van der Waals surface area contributed by atoms with Crippen molar-refractivity contribution in [2.45, 2.75) is 52.3 Å². The number of carbonyl (C=O) groups is 2. The van der Waals surface area contributed by atoms with Crippen molar-refractivity contribution < 1.29 is 14.3 Å². The molecule has 6 nitrogen and oxygen atoms in total. The zero-order valence-electron chi connectivity index (χ0n) is 16.2. The molecular weight excluding hydrogens is 318 g/mol. The van der Waals surface area contributed by atoms with E-state index in [1.165, 1.54) is 0 Å². The van der Waals surface area contributed by atoms with Crippen molar-refractivity contribution in [1.82, 2.24) is 4.90 Å². The molecule has 2 atom stereocenters. The van der Waals surface area contributed by atoms with Gasteiger partial charge in [-0.05, 0) is 58.9 Å². The van der Waals surface area contributed by atoms with Crippen LogP contribution in [0.25, 0.3) is 0 Å². The molecule has 1 fully saturated rings. The van der Waals surface area contributed by atoms with Gasteiger partial charge in [-0.3, -0.25) is 9.59 Å². The Kier molecular flexibility index (Phi) is 7.42. The van der Waals surface area contributed by atoms with E-state index in [1.54, 1.807) is 19.2 Å². The molecule has 1 aliphatic rings. The lowest BCUT2D eigenvalue weighted by atomic mass is 10.1. The number of hydrogen-bond acceptors (Lipinski definition) is 4. The van der Waals surface area contributed by atoms with Crippen molar-refractivity contribution in [2.75, 3.05) is 25.1 Å². The molecule has 1 aromatic carbocycles. The predicted molar refractivity (Wildman–Crippen MR) is 101 cm³/mol.